The molecule has 0 amide bonds. The summed E-state index contributed by atoms with van der Waals surface area (Å²) in [6.07, 6.45) is 0. The second-order valence-electron chi connectivity index (χ2n) is 4.11. The molecule has 0 fully saturated rings. The minimum Gasteiger partial charge on any atom is -0.384 e. The fourth-order valence-corrected chi connectivity index (χ4v) is 1.53. The summed E-state index contributed by atoms with van der Waals surface area (Å²) in [5.41, 5.74) is -0.0931. The highest BCUT2D eigenvalue weighted by Crippen LogP contribution is 2.27. The zero-order chi connectivity index (χ0) is 9.78. The molecule has 0 aromatic heterocycles. The molecule has 0 rings (SSSR count). The van der Waals surface area contributed by atoms with Crippen LogP contribution in [0.3, 0.4) is 0 Å². The molecule has 0 saturated heterocycles. The van der Waals surface area contributed by atoms with Crippen LogP contribution in [0.4, 0.5) is 0 Å². The maximum absolute atomic E-state index is 5.43. The van der Waals surface area contributed by atoms with Crippen molar-refractivity contribution in [3.63, 3.8) is 0 Å². The zero-order valence-electron chi connectivity index (χ0n) is 9.18. The minimum atomic E-state index is -0.0931. The van der Waals surface area contributed by atoms with E-state index in [9.17, 15) is 0 Å². The van der Waals surface area contributed by atoms with E-state index in [-0.39, 0.29) is 5.60 Å². The SMILES string of the molecule is COCC(C(C)C)C(C)(C)OC. The van der Waals surface area contributed by atoms with Crippen molar-refractivity contribution in [2.24, 2.45) is 11.8 Å². The lowest BCUT2D eigenvalue weighted by molar-refractivity contribution is -0.0690. The van der Waals surface area contributed by atoms with E-state index in [2.05, 4.69) is 27.7 Å². The summed E-state index contributed by atoms with van der Waals surface area (Å²) in [6.45, 7) is 9.38. The number of ether oxygens (including phenoxy) is 2. The summed E-state index contributed by atoms with van der Waals surface area (Å²) in [6, 6.07) is 0. The second-order valence-corrected chi connectivity index (χ2v) is 4.11. The zero-order valence-corrected chi connectivity index (χ0v) is 9.18. The summed E-state index contributed by atoms with van der Waals surface area (Å²) >= 11 is 0. The molecule has 1 atom stereocenters. The van der Waals surface area contributed by atoms with Crippen molar-refractivity contribution in [2.75, 3.05) is 20.8 Å². The lowest BCUT2D eigenvalue weighted by Crippen LogP contribution is -2.39. The van der Waals surface area contributed by atoms with Gasteiger partial charge in [0.2, 0.25) is 0 Å². The van der Waals surface area contributed by atoms with Gasteiger partial charge >= 0.3 is 0 Å². The van der Waals surface area contributed by atoms with Gasteiger partial charge in [-0.3, -0.25) is 0 Å². The van der Waals surface area contributed by atoms with Crippen LogP contribution >= 0.6 is 0 Å². The number of methoxy groups -OCH3 is 2. The third-order valence-corrected chi connectivity index (χ3v) is 2.57. The highest BCUT2D eigenvalue weighted by atomic mass is 16.5. The average Bonchev–Trinajstić information content (AvgIpc) is 1.99. The number of rotatable bonds is 5. The Morgan fingerprint density at radius 3 is 1.92 bits per heavy atom. The Bertz CT molecular complexity index is 119. The molecule has 0 N–H and O–H groups in total. The van der Waals surface area contributed by atoms with E-state index >= 15 is 0 Å². The predicted molar refractivity (Wildman–Crippen MR) is 51.3 cm³/mol. The monoisotopic (exact) mass is 174 g/mol. The van der Waals surface area contributed by atoms with Gasteiger partial charge in [0.25, 0.3) is 0 Å². The molecule has 0 saturated carbocycles. The summed E-state index contributed by atoms with van der Waals surface area (Å²) in [7, 11) is 3.49. The van der Waals surface area contributed by atoms with Gasteiger partial charge in [0.1, 0.15) is 0 Å². The summed E-state index contributed by atoms with van der Waals surface area (Å²) in [4.78, 5) is 0. The fourth-order valence-electron chi connectivity index (χ4n) is 1.53. The molecule has 0 aromatic carbocycles. The maximum atomic E-state index is 5.43. The molecule has 1 unspecified atom stereocenters. The van der Waals surface area contributed by atoms with Crippen LogP contribution in [0.5, 0.6) is 0 Å². The molecule has 0 bridgehead atoms. The van der Waals surface area contributed by atoms with Crippen molar-refractivity contribution in [2.45, 2.75) is 33.3 Å². The Kier molecular flexibility index (Phi) is 4.80. The Hall–Kier alpha value is -0.0800. The third-order valence-electron chi connectivity index (χ3n) is 2.57. The van der Waals surface area contributed by atoms with E-state index in [0.717, 1.165) is 6.61 Å². The normalized spacial score (nSPS) is 15.2. The first-order chi connectivity index (χ1) is 5.45. The molecule has 12 heavy (non-hydrogen) atoms. The van der Waals surface area contributed by atoms with Gasteiger partial charge in [-0.2, -0.15) is 0 Å². The van der Waals surface area contributed by atoms with E-state index < -0.39 is 0 Å². The van der Waals surface area contributed by atoms with Crippen molar-refractivity contribution in [3.05, 3.63) is 0 Å². The summed E-state index contributed by atoms with van der Waals surface area (Å²) < 4.78 is 10.6. The molecule has 74 valence electrons. The molecule has 0 aromatic rings. The number of hydrogen-bond donors (Lipinski definition) is 0. The fraction of sp³-hybridized carbons (Fsp3) is 1.00. The molecule has 0 aliphatic rings. The van der Waals surface area contributed by atoms with Gasteiger partial charge in [-0.05, 0) is 19.8 Å². The average molecular weight is 174 g/mol. The number of hydrogen-bond acceptors (Lipinski definition) is 2. The Labute approximate surface area is 76.3 Å². The summed E-state index contributed by atoms with van der Waals surface area (Å²) in [5, 5.41) is 0. The molecule has 0 aliphatic carbocycles. The van der Waals surface area contributed by atoms with Crippen molar-refractivity contribution in [3.8, 4) is 0 Å². The van der Waals surface area contributed by atoms with Crippen molar-refractivity contribution in [1.29, 1.82) is 0 Å². The highest BCUT2D eigenvalue weighted by molar-refractivity contribution is 4.81. The first kappa shape index (κ1) is 11.9. The topological polar surface area (TPSA) is 18.5 Å². The van der Waals surface area contributed by atoms with E-state index in [1.54, 1.807) is 14.2 Å². The van der Waals surface area contributed by atoms with Crippen LogP contribution in [-0.4, -0.2) is 26.4 Å². The van der Waals surface area contributed by atoms with Crippen LogP contribution in [-0.2, 0) is 9.47 Å². The lowest BCUT2D eigenvalue weighted by Gasteiger charge is -2.35. The molecule has 0 aliphatic heterocycles. The quantitative estimate of drug-likeness (QED) is 0.637. The van der Waals surface area contributed by atoms with Gasteiger partial charge in [-0.15, -0.1) is 0 Å². The molecular formula is C10H22O2. The van der Waals surface area contributed by atoms with Gasteiger partial charge in [-0.25, -0.2) is 0 Å². The highest BCUT2D eigenvalue weighted by Gasteiger charge is 2.31. The Morgan fingerprint density at radius 2 is 1.67 bits per heavy atom. The van der Waals surface area contributed by atoms with Crippen molar-refractivity contribution in [1.82, 2.24) is 0 Å². The third kappa shape index (κ3) is 3.11. The van der Waals surface area contributed by atoms with Crippen LogP contribution in [0.2, 0.25) is 0 Å². The summed E-state index contributed by atoms with van der Waals surface area (Å²) in [5.74, 6) is 1.03. The molecule has 0 spiro atoms. The Morgan fingerprint density at radius 1 is 1.17 bits per heavy atom. The minimum absolute atomic E-state index is 0.0931. The standard InChI is InChI=1S/C10H22O2/c1-8(2)9(7-11-5)10(3,4)12-6/h8-9H,7H2,1-6H3. The largest absolute Gasteiger partial charge is 0.384 e. The van der Waals surface area contributed by atoms with Crippen molar-refractivity contribution < 1.29 is 9.47 Å². The molecular weight excluding hydrogens is 152 g/mol. The van der Waals surface area contributed by atoms with E-state index in [1.807, 2.05) is 0 Å². The first-order valence-electron chi connectivity index (χ1n) is 4.49. The molecule has 2 nitrogen and oxygen atoms in total. The van der Waals surface area contributed by atoms with Gasteiger partial charge in [0, 0.05) is 20.1 Å². The van der Waals surface area contributed by atoms with Crippen LogP contribution in [0.1, 0.15) is 27.7 Å². The Balaban J connectivity index is 4.27. The van der Waals surface area contributed by atoms with Crippen LogP contribution in [0, 0.1) is 11.8 Å². The van der Waals surface area contributed by atoms with Crippen LogP contribution < -0.4 is 0 Å². The predicted octanol–water partition coefficient (Wildman–Crippen LogP) is 2.33. The lowest BCUT2D eigenvalue weighted by atomic mass is 9.82. The van der Waals surface area contributed by atoms with E-state index in [0.29, 0.717) is 11.8 Å². The van der Waals surface area contributed by atoms with Gasteiger partial charge < -0.3 is 9.47 Å². The van der Waals surface area contributed by atoms with E-state index in [1.165, 1.54) is 0 Å². The van der Waals surface area contributed by atoms with Crippen LogP contribution in [0.15, 0.2) is 0 Å². The second kappa shape index (κ2) is 4.83. The van der Waals surface area contributed by atoms with Gasteiger partial charge in [0.15, 0.2) is 0 Å². The van der Waals surface area contributed by atoms with Crippen molar-refractivity contribution >= 4 is 0 Å². The van der Waals surface area contributed by atoms with E-state index in [4.69, 9.17) is 9.47 Å². The molecule has 0 heterocycles. The smallest absolute Gasteiger partial charge is 0.0675 e. The van der Waals surface area contributed by atoms with Gasteiger partial charge in [0.05, 0.1) is 12.2 Å². The van der Waals surface area contributed by atoms with Gasteiger partial charge in [-0.1, -0.05) is 13.8 Å². The maximum Gasteiger partial charge on any atom is 0.0675 e. The molecule has 2 heteroatoms. The van der Waals surface area contributed by atoms with Crippen LogP contribution in [0.25, 0.3) is 0 Å². The first-order valence-corrected chi connectivity index (χ1v) is 4.49. The molecule has 0 radical (unpaired) electrons.